The van der Waals surface area contributed by atoms with Crippen LogP contribution >= 0.6 is 0 Å². The molecule has 1 rings (SSSR count). The van der Waals surface area contributed by atoms with Gasteiger partial charge in [-0.2, -0.15) is 0 Å². The summed E-state index contributed by atoms with van der Waals surface area (Å²) in [4.78, 5) is 78.2. The third-order valence-corrected chi connectivity index (χ3v) is 5.01. The number of aromatic nitrogens is 2. The number of carbonyl (C=O) groups excluding carboxylic acids is 4. The van der Waals surface area contributed by atoms with Gasteiger partial charge in [-0.05, 0) is 19.8 Å². The van der Waals surface area contributed by atoms with Crippen molar-refractivity contribution in [3.8, 4) is 0 Å². The summed E-state index contributed by atoms with van der Waals surface area (Å²) in [5.74, 6) is -6.28. The number of aromatic amines is 1. The van der Waals surface area contributed by atoms with Crippen LogP contribution in [0.3, 0.4) is 0 Å². The van der Waals surface area contributed by atoms with Crippen molar-refractivity contribution in [2.24, 2.45) is 11.5 Å². The molecule has 0 spiro atoms. The zero-order valence-corrected chi connectivity index (χ0v) is 19.5. The number of carboxylic acids is 2. The molecule has 0 aliphatic rings. The molecule has 1 aromatic heterocycles. The second kappa shape index (κ2) is 14.4. The van der Waals surface area contributed by atoms with Crippen molar-refractivity contribution in [2.75, 3.05) is 0 Å². The average molecular weight is 514 g/mol. The number of aliphatic hydroxyl groups is 1. The minimum Gasteiger partial charge on any atom is -0.481 e. The fourth-order valence-corrected chi connectivity index (χ4v) is 2.94. The Bertz CT molecular complexity index is 936. The van der Waals surface area contributed by atoms with Crippen molar-refractivity contribution < 1.29 is 44.1 Å². The molecule has 16 heteroatoms. The normalized spacial score (nSPS) is 15.0. The molecular weight excluding hydrogens is 482 g/mol. The van der Waals surface area contributed by atoms with Crippen molar-refractivity contribution >= 4 is 35.6 Å². The number of H-pyrrole nitrogens is 1. The number of nitrogens with zero attached hydrogens (tertiary/aromatic N) is 1. The van der Waals surface area contributed by atoms with Gasteiger partial charge >= 0.3 is 11.9 Å². The minimum absolute atomic E-state index is 0.174. The number of primary amides is 1. The summed E-state index contributed by atoms with van der Waals surface area (Å²) in [7, 11) is 0. The first-order valence-corrected chi connectivity index (χ1v) is 10.9. The number of nitrogens with two attached hydrogens (primary N) is 2. The number of hydrogen-bond acceptors (Lipinski definition) is 9. The molecule has 0 radical (unpaired) electrons. The van der Waals surface area contributed by atoms with E-state index in [0.29, 0.717) is 5.69 Å². The SMILES string of the molecule is CC(O)C(N)C(=O)NC(CCC(=O)O)C(=O)NC(Cc1cnc[nH]1)C(=O)NC(CCC(N)=O)C(=O)O. The number of aliphatic carboxylic acids is 2. The first kappa shape index (κ1) is 30.0. The lowest BCUT2D eigenvalue weighted by molar-refractivity contribution is -0.142. The van der Waals surface area contributed by atoms with Crippen molar-refractivity contribution in [2.45, 2.75) is 69.3 Å². The number of hydrogen-bond donors (Lipinski definition) is 9. The van der Waals surface area contributed by atoms with Gasteiger partial charge in [-0.1, -0.05) is 0 Å². The molecule has 5 unspecified atom stereocenters. The van der Waals surface area contributed by atoms with Crippen LogP contribution in [-0.4, -0.2) is 91.1 Å². The van der Waals surface area contributed by atoms with E-state index in [4.69, 9.17) is 16.6 Å². The zero-order chi connectivity index (χ0) is 27.4. The van der Waals surface area contributed by atoms with Gasteiger partial charge < -0.3 is 47.7 Å². The highest BCUT2D eigenvalue weighted by atomic mass is 16.4. The molecule has 5 atom stereocenters. The van der Waals surface area contributed by atoms with Gasteiger partial charge in [-0.25, -0.2) is 9.78 Å². The maximum absolute atomic E-state index is 13.0. The standard InChI is InChI=1S/C20H31N7O9/c1-9(28)16(22)19(34)25-11(3-5-15(30)31)17(32)27-13(6-10-7-23-8-24-10)18(33)26-12(20(35)36)2-4-14(21)29/h7-9,11-13,16,28H,2-6,22H2,1H3,(H2,21,29)(H,23,24)(H,25,34)(H,26,33)(H,27,32)(H,30,31)(H,35,36). The topological polar surface area (TPSA) is 280 Å². The summed E-state index contributed by atoms with van der Waals surface area (Å²) in [5, 5.41) is 34.7. The highest BCUT2D eigenvalue weighted by Gasteiger charge is 2.31. The third-order valence-electron chi connectivity index (χ3n) is 5.01. The Morgan fingerprint density at radius 2 is 1.50 bits per heavy atom. The van der Waals surface area contributed by atoms with E-state index < -0.39 is 72.3 Å². The Balaban J connectivity index is 3.09. The molecule has 0 bridgehead atoms. The van der Waals surface area contributed by atoms with Gasteiger partial charge in [0.05, 0.1) is 12.4 Å². The summed E-state index contributed by atoms with van der Waals surface area (Å²) in [6.45, 7) is 1.25. The summed E-state index contributed by atoms with van der Waals surface area (Å²) >= 11 is 0. The Labute approximate surface area is 205 Å². The largest absolute Gasteiger partial charge is 0.481 e. The summed E-state index contributed by atoms with van der Waals surface area (Å²) in [6, 6.07) is -5.72. The van der Waals surface area contributed by atoms with Gasteiger partial charge in [0, 0.05) is 31.2 Å². The van der Waals surface area contributed by atoms with E-state index >= 15 is 0 Å². The van der Waals surface area contributed by atoms with Crippen molar-refractivity contribution in [3.05, 3.63) is 18.2 Å². The van der Waals surface area contributed by atoms with Crippen LogP contribution < -0.4 is 27.4 Å². The second-order valence-electron chi connectivity index (χ2n) is 8.01. The van der Waals surface area contributed by atoms with E-state index in [0.717, 1.165) is 0 Å². The molecule has 0 saturated heterocycles. The van der Waals surface area contributed by atoms with Gasteiger partial charge in [-0.3, -0.25) is 24.0 Å². The lowest BCUT2D eigenvalue weighted by Gasteiger charge is -2.25. The van der Waals surface area contributed by atoms with Gasteiger partial charge in [0.1, 0.15) is 24.2 Å². The molecule has 36 heavy (non-hydrogen) atoms. The monoisotopic (exact) mass is 513 g/mol. The van der Waals surface area contributed by atoms with Crippen LogP contribution in [0.4, 0.5) is 0 Å². The van der Waals surface area contributed by atoms with Gasteiger partial charge in [0.15, 0.2) is 0 Å². The summed E-state index contributed by atoms with van der Waals surface area (Å²) in [6.07, 6.45) is -0.266. The first-order chi connectivity index (χ1) is 16.8. The Hall–Kier alpha value is -4.05. The molecule has 0 aliphatic heterocycles. The molecule has 1 heterocycles. The van der Waals surface area contributed by atoms with Crippen LogP contribution in [0.5, 0.6) is 0 Å². The smallest absolute Gasteiger partial charge is 0.326 e. The van der Waals surface area contributed by atoms with Gasteiger partial charge in [-0.15, -0.1) is 0 Å². The zero-order valence-electron chi connectivity index (χ0n) is 19.5. The van der Waals surface area contributed by atoms with E-state index in [9.17, 15) is 39.0 Å². The molecule has 0 fully saturated rings. The number of aliphatic hydroxyl groups excluding tert-OH is 1. The predicted molar refractivity (Wildman–Crippen MR) is 121 cm³/mol. The Morgan fingerprint density at radius 1 is 0.944 bits per heavy atom. The van der Waals surface area contributed by atoms with Crippen LogP contribution in [0.15, 0.2) is 12.5 Å². The molecule has 16 nitrogen and oxygen atoms in total. The van der Waals surface area contributed by atoms with E-state index in [2.05, 4.69) is 25.9 Å². The van der Waals surface area contributed by atoms with Crippen molar-refractivity contribution in [1.82, 2.24) is 25.9 Å². The van der Waals surface area contributed by atoms with Crippen LogP contribution in [0, 0.1) is 0 Å². The van der Waals surface area contributed by atoms with Crippen molar-refractivity contribution in [3.63, 3.8) is 0 Å². The average Bonchev–Trinajstić information content (AvgIpc) is 3.30. The molecule has 0 aliphatic carbocycles. The number of rotatable bonds is 16. The van der Waals surface area contributed by atoms with Crippen LogP contribution in [0.1, 0.15) is 38.3 Å². The molecule has 11 N–H and O–H groups in total. The first-order valence-electron chi connectivity index (χ1n) is 10.9. The van der Waals surface area contributed by atoms with Gasteiger partial charge in [0.25, 0.3) is 0 Å². The fourth-order valence-electron chi connectivity index (χ4n) is 2.94. The van der Waals surface area contributed by atoms with E-state index in [-0.39, 0.29) is 25.7 Å². The Kier molecular flexibility index (Phi) is 12.0. The lowest BCUT2D eigenvalue weighted by atomic mass is 10.1. The third kappa shape index (κ3) is 10.5. The highest BCUT2D eigenvalue weighted by Crippen LogP contribution is 2.06. The molecule has 1 aromatic rings. The van der Waals surface area contributed by atoms with E-state index in [1.54, 1.807) is 0 Å². The van der Waals surface area contributed by atoms with Crippen LogP contribution in [0.2, 0.25) is 0 Å². The molecule has 4 amide bonds. The summed E-state index contributed by atoms with van der Waals surface area (Å²) < 4.78 is 0. The fraction of sp³-hybridized carbons (Fsp3) is 0.550. The molecule has 0 saturated carbocycles. The van der Waals surface area contributed by atoms with Crippen LogP contribution in [-0.2, 0) is 35.2 Å². The molecular formula is C20H31N7O9. The number of amides is 4. The Morgan fingerprint density at radius 3 is 2.00 bits per heavy atom. The van der Waals surface area contributed by atoms with E-state index in [1.165, 1.54) is 19.4 Å². The van der Waals surface area contributed by atoms with E-state index in [1.807, 2.05) is 0 Å². The number of carbonyl (C=O) groups is 6. The number of nitrogens with one attached hydrogen (secondary N) is 4. The minimum atomic E-state index is -1.49. The maximum Gasteiger partial charge on any atom is 0.326 e. The maximum atomic E-state index is 13.0. The molecule has 0 aromatic carbocycles. The van der Waals surface area contributed by atoms with Crippen molar-refractivity contribution in [1.29, 1.82) is 0 Å². The number of imidazole rings is 1. The highest BCUT2D eigenvalue weighted by molar-refractivity contribution is 5.94. The predicted octanol–water partition coefficient (Wildman–Crippen LogP) is -3.67. The van der Waals surface area contributed by atoms with Crippen LogP contribution in [0.25, 0.3) is 0 Å². The van der Waals surface area contributed by atoms with Gasteiger partial charge in [0.2, 0.25) is 23.6 Å². The molecule has 200 valence electrons. The summed E-state index contributed by atoms with van der Waals surface area (Å²) in [5.41, 5.74) is 11.0. The lowest BCUT2D eigenvalue weighted by Crippen LogP contribution is -2.58. The number of carboxylic acid groups (broad SMARTS) is 2. The second-order valence-corrected chi connectivity index (χ2v) is 8.01. The quantitative estimate of drug-likeness (QED) is 0.104.